The summed E-state index contributed by atoms with van der Waals surface area (Å²) in [5.74, 6) is 0.812. The molecule has 1 saturated carbocycles. The van der Waals surface area contributed by atoms with Crippen molar-refractivity contribution < 1.29 is 4.79 Å². The SMILES string of the molecule is CC(=O)N(c1ccc(C)cc1Cl)C1CSC(=NC2CCCC2)N1C.Cl. The number of amides is 1. The van der Waals surface area contributed by atoms with Gasteiger partial charge in [-0.05, 0) is 37.5 Å². The van der Waals surface area contributed by atoms with Crippen LogP contribution in [0.15, 0.2) is 23.2 Å². The Balaban J connectivity index is 0.00000225. The molecular formula is C18H25Cl2N3OS. The summed E-state index contributed by atoms with van der Waals surface area (Å²) in [6, 6.07) is 6.28. The average Bonchev–Trinajstić information content (AvgIpc) is 3.14. The third-order valence-electron chi connectivity index (χ3n) is 4.73. The van der Waals surface area contributed by atoms with E-state index in [4.69, 9.17) is 16.6 Å². The Labute approximate surface area is 165 Å². The van der Waals surface area contributed by atoms with Crippen LogP contribution in [-0.2, 0) is 4.79 Å². The molecule has 1 amide bonds. The van der Waals surface area contributed by atoms with Crippen molar-refractivity contribution in [3.05, 3.63) is 28.8 Å². The Morgan fingerprint density at radius 1 is 1.36 bits per heavy atom. The van der Waals surface area contributed by atoms with E-state index in [9.17, 15) is 4.79 Å². The van der Waals surface area contributed by atoms with Gasteiger partial charge in [-0.15, -0.1) is 12.4 Å². The van der Waals surface area contributed by atoms with E-state index >= 15 is 0 Å². The van der Waals surface area contributed by atoms with E-state index in [2.05, 4.69) is 4.90 Å². The van der Waals surface area contributed by atoms with Crippen LogP contribution in [0.4, 0.5) is 5.69 Å². The number of amidine groups is 1. The monoisotopic (exact) mass is 401 g/mol. The van der Waals surface area contributed by atoms with E-state index in [1.165, 1.54) is 25.7 Å². The molecule has 4 nitrogen and oxygen atoms in total. The summed E-state index contributed by atoms with van der Waals surface area (Å²) >= 11 is 8.15. The third kappa shape index (κ3) is 4.44. The molecule has 0 bridgehead atoms. The summed E-state index contributed by atoms with van der Waals surface area (Å²) in [6.07, 6.45) is 4.87. The topological polar surface area (TPSA) is 35.9 Å². The zero-order valence-electron chi connectivity index (χ0n) is 14.9. The molecule has 2 aliphatic rings. The van der Waals surface area contributed by atoms with E-state index in [1.54, 1.807) is 23.6 Å². The average molecular weight is 402 g/mol. The van der Waals surface area contributed by atoms with Crippen LogP contribution in [0.1, 0.15) is 38.2 Å². The summed E-state index contributed by atoms with van der Waals surface area (Å²) in [4.78, 5) is 21.2. The molecule has 1 unspecified atom stereocenters. The van der Waals surface area contributed by atoms with Gasteiger partial charge in [-0.1, -0.05) is 42.3 Å². The van der Waals surface area contributed by atoms with Gasteiger partial charge in [0, 0.05) is 19.7 Å². The van der Waals surface area contributed by atoms with Gasteiger partial charge in [-0.25, -0.2) is 0 Å². The minimum absolute atomic E-state index is 0. The number of rotatable bonds is 3. The Kier molecular flexibility index (Phi) is 7.06. The first-order chi connectivity index (χ1) is 11.5. The van der Waals surface area contributed by atoms with Crippen molar-refractivity contribution in [3.8, 4) is 0 Å². The minimum atomic E-state index is -0.0483. The van der Waals surface area contributed by atoms with Crippen molar-refractivity contribution in [2.75, 3.05) is 17.7 Å². The van der Waals surface area contributed by atoms with Crippen LogP contribution in [0, 0.1) is 6.92 Å². The first kappa shape index (κ1) is 20.4. The first-order valence-corrected chi connectivity index (χ1v) is 9.83. The number of benzene rings is 1. The van der Waals surface area contributed by atoms with E-state index in [-0.39, 0.29) is 24.5 Å². The lowest BCUT2D eigenvalue weighted by Crippen LogP contribution is -2.48. The van der Waals surface area contributed by atoms with Crippen LogP contribution in [0.5, 0.6) is 0 Å². The molecule has 0 spiro atoms. The number of anilines is 1. The summed E-state index contributed by atoms with van der Waals surface area (Å²) in [5, 5.41) is 1.66. The number of hydrogen-bond acceptors (Lipinski definition) is 3. The third-order valence-corrected chi connectivity index (χ3v) is 6.15. The second-order valence-corrected chi connectivity index (χ2v) is 7.99. The van der Waals surface area contributed by atoms with E-state index in [1.807, 2.05) is 32.2 Å². The largest absolute Gasteiger partial charge is 0.333 e. The zero-order chi connectivity index (χ0) is 17.3. The Morgan fingerprint density at radius 2 is 2.04 bits per heavy atom. The molecule has 1 atom stereocenters. The van der Waals surface area contributed by atoms with Crippen molar-refractivity contribution in [3.63, 3.8) is 0 Å². The van der Waals surface area contributed by atoms with Crippen LogP contribution in [0.25, 0.3) is 0 Å². The lowest BCUT2D eigenvalue weighted by Gasteiger charge is -2.33. The Hall–Kier alpha value is -0.910. The van der Waals surface area contributed by atoms with Crippen LogP contribution in [0.3, 0.4) is 0 Å². The minimum Gasteiger partial charge on any atom is -0.333 e. The fraction of sp³-hybridized carbons (Fsp3) is 0.556. The normalized spacial score (nSPS) is 22.3. The van der Waals surface area contributed by atoms with Crippen LogP contribution < -0.4 is 4.90 Å². The first-order valence-electron chi connectivity index (χ1n) is 8.46. The molecule has 1 aliphatic heterocycles. The number of carbonyl (C=O) groups is 1. The molecular weight excluding hydrogens is 377 g/mol. The van der Waals surface area contributed by atoms with Crippen molar-refractivity contribution >= 4 is 52.5 Å². The van der Waals surface area contributed by atoms with Gasteiger partial charge in [0.1, 0.15) is 6.17 Å². The maximum absolute atomic E-state index is 12.4. The van der Waals surface area contributed by atoms with Gasteiger partial charge in [-0.3, -0.25) is 14.7 Å². The molecule has 3 rings (SSSR count). The molecule has 1 aromatic rings. The molecule has 0 radical (unpaired) electrons. The van der Waals surface area contributed by atoms with Crippen molar-refractivity contribution in [1.29, 1.82) is 0 Å². The fourth-order valence-electron chi connectivity index (χ4n) is 3.40. The second-order valence-electron chi connectivity index (χ2n) is 6.60. The highest BCUT2D eigenvalue weighted by Gasteiger charge is 2.35. The summed E-state index contributed by atoms with van der Waals surface area (Å²) in [6.45, 7) is 3.60. The zero-order valence-corrected chi connectivity index (χ0v) is 17.3. The van der Waals surface area contributed by atoms with Crippen molar-refractivity contribution in [2.24, 2.45) is 4.99 Å². The lowest BCUT2D eigenvalue weighted by atomic mass is 10.2. The predicted octanol–water partition coefficient (Wildman–Crippen LogP) is 4.73. The predicted molar refractivity (Wildman–Crippen MR) is 110 cm³/mol. The van der Waals surface area contributed by atoms with Gasteiger partial charge in [-0.2, -0.15) is 0 Å². The standard InChI is InChI=1S/C18H24ClN3OS.ClH/c1-12-8-9-16(15(19)10-12)22(13(2)23)17-11-24-18(21(17)3)20-14-6-4-5-7-14;/h8-10,14,17H,4-7,11H2,1-3H3;1H. The molecule has 1 heterocycles. The summed E-state index contributed by atoms with van der Waals surface area (Å²) in [5.41, 5.74) is 1.86. The maximum atomic E-state index is 12.4. The number of aliphatic imine (C=N–C) groups is 1. The van der Waals surface area contributed by atoms with E-state index in [0.717, 1.165) is 22.2 Å². The smallest absolute Gasteiger partial charge is 0.225 e. The molecule has 0 aromatic heterocycles. The molecule has 7 heteroatoms. The van der Waals surface area contributed by atoms with Gasteiger partial charge in [0.25, 0.3) is 0 Å². The number of carbonyl (C=O) groups excluding carboxylic acids is 1. The Morgan fingerprint density at radius 3 is 2.64 bits per heavy atom. The molecule has 2 fully saturated rings. The molecule has 1 aromatic carbocycles. The lowest BCUT2D eigenvalue weighted by molar-refractivity contribution is -0.117. The number of hydrogen-bond donors (Lipinski definition) is 0. The van der Waals surface area contributed by atoms with Crippen molar-refractivity contribution in [2.45, 2.75) is 51.7 Å². The van der Waals surface area contributed by atoms with Gasteiger partial charge in [0.15, 0.2) is 5.17 Å². The highest BCUT2D eigenvalue weighted by Crippen LogP contribution is 2.34. The highest BCUT2D eigenvalue weighted by atomic mass is 35.5. The maximum Gasteiger partial charge on any atom is 0.225 e. The highest BCUT2D eigenvalue weighted by molar-refractivity contribution is 8.14. The van der Waals surface area contributed by atoms with Crippen LogP contribution in [-0.4, -0.2) is 41.0 Å². The van der Waals surface area contributed by atoms with Crippen molar-refractivity contribution in [1.82, 2.24) is 4.90 Å². The van der Waals surface area contributed by atoms with E-state index < -0.39 is 0 Å². The van der Waals surface area contributed by atoms with Gasteiger partial charge >= 0.3 is 0 Å². The second kappa shape index (κ2) is 8.65. The number of thioether (sulfide) groups is 1. The quantitative estimate of drug-likeness (QED) is 0.734. The molecule has 138 valence electrons. The molecule has 1 aliphatic carbocycles. The number of nitrogens with zero attached hydrogens (tertiary/aromatic N) is 3. The van der Waals surface area contributed by atoms with E-state index in [0.29, 0.717) is 11.1 Å². The Bertz CT molecular complexity index is 662. The molecule has 25 heavy (non-hydrogen) atoms. The van der Waals surface area contributed by atoms with Gasteiger partial charge in [0.05, 0.1) is 16.8 Å². The van der Waals surface area contributed by atoms with Crippen LogP contribution in [0.2, 0.25) is 5.02 Å². The van der Waals surface area contributed by atoms with Gasteiger partial charge in [0.2, 0.25) is 5.91 Å². The van der Waals surface area contributed by atoms with Gasteiger partial charge < -0.3 is 4.90 Å². The fourth-order valence-corrected chi connectivity index (χ4v) is 4.95. The summed E-state index contributed by atoms with van der Waals surface area (Å²) in [7, 11) is 2.02. The molecule has 1 saturated heterocycles. The number of aryl methyl sites for hydroxylation is 1. The number of halogens is 2. The molecule has 0 N–H and O–H groups in total. The summed E-state index contributed by atoms with van der Waals surface area (Å²) < 4.78 is 0. The van der Waals surface area contributed by atoms with Crippen LogP contribution >= 0.6 is 35.8 Å².